The highest BCUT2D eigenvalue weighted by molar-refractivity contribution is 6.31. The summed E-state index contributed by atoms with van der Waals surface area (Å²) in [5, 5.41) is 15.2. The van der Waals surface area contributed by atoms with E-state index in [1.807, 2.05) is 30.3 Å². The van der Waals surface area contributed by atoms with Gasteiger partial charge in [0.1, 0.15) is 5.65 Å². The highest BCUT2D eigenvalue weighted by atomic mass is 35.5. The Labute approximate surface area is 276 Å². The molecule has 0 fully saturated rings. The molecular weight excluding hydrogens is 623 g/mol. The Hall–Kier alpha value is -4.75. The molecule has 12 nitrogen and oxygen atoms in total. The van der Waals surface area contributed by atoms with Crippen LogP contribution in [-0.4, -0.2) is 49.8 Å². The Kier molecular flexibility index (Phi) is 10.9. The molecule has 3 aromatic heterocycles. The summed E-state index contributed by atoms with van der Waals surface area (Å²) in [6, 6.07) is 13.2. The van der Waals surface area contributed by atoms with E-state index in [0.717, 1.165) is 30.4 Å². The number of rotatable bonds is 15. The Morgan fingerprint density at radius 1 is 1.13 bits per heavy atom. The minimum Gasteiger partial charge on any atom is -0.408 e. The van der Waals surface area contributed by atoms with Crippen LogP contribution < -0.4 is 27.8 Å². The smallest absolute Gasteiger partial charge is 0.354 e. The zero-order chi connectivity index (χ0) is 33.5. The molecule has 5 rings (SSSR count). The van der Waals surface area contributed by atoms with Gasteiger partial charge >= 0.3 is 11.7 Å². The molecule has 5 aromatic rings. The normalized spacial score (nSPS) is 12.1. The molecule has 0 radical (unpaired) electrons. The van der Waals surface area contributed by atoms with E-state index in [1.165, 1.54) is 4.57 Å². The van der Waals surface area contributed by atoms with Gasteiger partial charge in [0.2, 0.25) is 5.89 Å². The lowest BCUT2D eigenvalue weighted by Gasteiger charge is -2.18. The molecule has 0 saturated heterocycles. The highest BCUT2D eigenvalue weighted by Gasteiger charge is 2.16. The van der Waals surface area contributed by atoms with Gasteiger partial charge in [-0.05, 0) is 66.6 Å². The van der Waals surface area contributed by atoms with Crippen LogP contribution in [0.3, 0.4) is 0 Å². The van der Waals surface area contributed by atoms with Gasteiger partial charge in [-0.15, -0.1) is 5.10 Å². The second-order valence-electron chi connectivity index (χ2n) is 12.0. The summed E-state index contributed by atoms with van der Waals surface area (Å²) in [5.74, 6) is 0.591. The lowest BCUT2D eigenvalue weighted by atomic mass is 10.00. The average Bonchev–Trinajstić information content (AvgIpc) is 3.64. The van der Waals surface area contributed by atoms with Gasteiger partial charge in [-0.2, -0.15) is 4.98 Å². The maximum atomic E-state index is 15.2. The summed E-state index contributed by atoms with van der Waals surface area (Å²) in [6.07, 6.45) is 5.23. The molecule has 0 unspecified atom stereocenters. The third kappa shape index (κ3) is 8.95. The zero-order valence-corrected chi connectivity index (χ0v) is 27.4. The van der Waals surface area contributed by atoms with Crippen molar-refractivity contribution in [3.05, 3.63) is 87.0 Å². The van der Waals surface area contributed by atoms with E-state index < -0.39 is 11.5 Å². The molecule has 2 aromatic carbocycles. The van der Waals surface area contributed by atoms with Crippen LogP contribution in [0.15, 0.2) is 62.9 Å². The molecule has 1 atom stereocenters. The Morgan fingerprint density at radius 2 is 1.91 bits per heavy atom. The molecule has 0 amide bonds. The standard InChI is InChI=1S/C33H40ClFN10O2/c1-19(2)5-4-6-22-13-26(29(35)27(34)14-22)28-15-23-18-45(33(46)42-30(23)41-28)25-9-7-21(8-10-25)16-39-24(11-12-38-31(36)37)17-40-32-44-43-20(3)47-32/h7-10,13-15,18-19,24,39H,4-6,11-12,16-17H2,1-3H3,(H,40,44)(H4,36,37,38)(H,41,42,46)/t24-/m1/s1. The lowest BCUT2D eigenvalue weighted by Crippen LogP contribution is -2.36. The first-order valence-electron chi connectivity index (χ1n) is 15.6. The molecular formula is C33H40ClFN10O2. The fraction of sp³-hybridized carbons (Fsp3) is 0.364. The monoisotopic (exact) mass is 662 g/mol. The van der Waals surface area contributed by atoms with Crippen LogP contribution in [-0.2, 0) is 13.0 Å². The summed E-state index contributed by atoms with van der Waals surface area (Å²) >= 11 is 6.28. The Balaban J connectivity index is 1.29. The first-order chi connectivity index (χ1) is 22.5. The van der Waals surface area contributed by atoms with E-state index in [2.05, 4.69) is 49.6 Å². The minimum atomic E-state index is -0.510. The number of anilines is 1. The van der Waals surface area contributed by atoms with Crippen LogP contribution in [0.5, 0.6) is 0 Å². The number of fused-ring (bicyclic) bond motifs is 1. The van der Waals surface area contributed by atoms with Crippen molar-refractivity contribution in [3.8, 4) is 16.9 Å². The summed E-state index contributed by atoms with van der Waals surface area (Å²) in [5.41, 5.74) is 14.4. The molecule has 0 aliphatic carbocycles. The van der Waals surface area contributed by atoms with Crippen molar-refractivity contribution in [1.82, 2.24) is 30.0 Å². The molecule has 7 N–H and O–H groups in total. The molecule has 14 heteroatoms. The van der Waals surface area contributed by atoms with E-state index in [4.69, 9.17) is 27.5 Å². The van der Waals surface area contributed by atoms with E-state index in [-0.39, 0.29) is 17.0 Å². The van der Waals surface area contributed by atoms with Crippen molar-refractivity contribution in [2.45, 2.75) is 59.0 Å². The third-order valence-electron chi connectivity index (χ3n) is 7.74. The van der Waals surface area contributed by atoms with Crippen LogP contribution in [0.2, 0.25) is 5.02 Å². The number of nitrogens with zero attached hydrogens (tertiary/aromatic N) is 5. The molecule has 0 bridgehead atoms. The molecule has 3 heterocycles. The van der Waals surface area contributed by atoms with Crippen LogP contribution in [0.4, 0.5) is 10.4 Å². The van der Waals surface area contributed by atoms with Gasteiger partial charge in [-0.1, -0.05) is 49.1 Å². The SMILES string of the molecule is Cc1nnc(NC[C@@H](CCN=C(N)N)NCc2ccc(-n3cc4cc(-c5cc(CCCC(C)C)cc(Cl)c5F)[nH]c4nc3=O)cc2)o1. The van der Waals surface area contributed by atoms with Gasteiger partial charge in [0.25, 0.3) is 0 Å². The van der Waals surface area contributed by atoms with Crippen molar-refractivity contribution in [2.24, 2.45) is 22.4 Å². The predicted octanol–water partition coefficient (Wildman–Crippen LogP) is 5.08. The quantitative estimate of drug-likeness (QED) is 0.0755. The van der Waals surface area contributed by atoms with Gasteiger partial charge in [0, 0.05) is 49.7 Å². The van der Waals surface area contributed by atoms with E-state index in [9.17, 15) is 4.79 Å². The number of nitrogens with one attached hydrogen (secondary N) is 3. The number of hydrogen-bond donors (Lipinski definition) is 5. The number of aliphatic imine (C=N–C) groups is 1. The van der Waals surface area contributed by atoms with Crippen molar-refractivity contribution in [2.75, 3.05) is 18.4 Å². The van der Waals surface area contributed by atoms with Gasteiger partial charge in [0.15, 0.2) is 11.8 Å². The maximum absolute atomic E-state index is 15.2. The highest BCUT2D eigenvalue weighted by Crippen LogP contribution is 2.31. The summed E-state index contributed by atoms with van der Waals surface area (Å²) < 4.78 is 22.0. The van der Waals surface area contributed by atoms with Gasteiger partial charge in [-0.3, -0.25) is 9.56 Å². The van der Waals surface area contributed by atoms with Gasteiger partial charge in [-0.25, -0.2) is 9.18 Å². The second kappa shape index (κ2) is 15.2. The molecule has 0 aliphatic heterocycles. The number of hydrogen-bond acceptors (Lipinski definition) is 8. The molecule has 248 valence electrons. The Bertz CT molecular complexity index is 1890. The second-order valence-corrected chi connectivity index (χ2v) is 12.4. The zero-order valence-electron chi connectivity index (χ0n) is 26.7. The molecule has 0 aliphatic rings. The van der Waals surface area contributed by atoms with E-state index in [0.29, 0.717) is 71.9 Å². The van der Waals surface area contributed by atoms with E-state index in [1.54, 1.807) is 25.3 Å². The van der Waals surface area contributed by atoms with E-state index >= 15 is 4.39 Å². The van der Waals surface area contributed by atoms with Gasteiger partial charge < -0.3 is 31.5 Å². The Morgan fingerprint density at radius 3 is 2.62 bits per heavy atom. The fourth-order valence-corrected chi connectivity index (χ4v) is 5.51. The number of nitrogens with two attached hydrogens (primary N) is 2. The number of aromatic amines is 1. The third-order valence-corrected chi connectivity index (χ3v) is 8.02. The van der Waals surface area contributed by atoms with Crippen molar-refractivity contribution in [3.63, 3.8) is 0 Å². The van der Waals surface area contributed by atoms with Crippen LogP contribution >= 0.6 is 11.6 Å². The van der Waals surface area contributed by atoms with Crippen molar-refractivity contribution in [1.29, 1.82) is 0 Å². The van der Waals surface area contributed by atoms with Crippen LogP contribution in [0, 0.1) is 18.7 Å². The largest absolute Gasteiger partial charge is 0.408 e. The average molecular weight is 663 g/mol. The minimum absolute atomic E-state index is 0.0116. The summed E-state index contributed by atoms with van der Waals surface area (Å²) in [4.78, 5) is 24.5. The number of guanidine groups is 1. The fourth-order valence-electron chi connectivity index (χ4n) is 5.27. The first-order valence-corrected chi connectivity index (χ1v) is 16.0. The maximum Gasteiger partial charge on any atom is 0.354 e. The van der Waals surface area contributed by atoms with Crippen LogP contribution in [0.1, 0.15) is 50.1 Å². The number of halogens is 2. The first kappa shape index (κ1) is 33.6. The lowest BCUT2D eigenvalue weighted by molar-refractivity contribution is 0.486. The number of H-pyrrole nitrogens is 1. The number of aryl methyl sites for hydroxylation is 2. The number of benzene rings is 2. The topological polar surface area (TPSA) is 178 Å². The van der Waals surface area contributed by atoms with Crippen LogP contribution in [0.25, 0.3) is 28.0 Å². The number of aromatic nitrogens is 5. The molecule has 0 spiro atoms. The van der Waals surface area contributed by atoms with Gasteiger partial charge in [0.05, 0.1) is 16.4 Å². The summed E-state index contributed by atoms with van der Waals surface area (Å²) in [7, 11) is 0. The van der Waals surface area contributed by atoms with Crippen molar-refractivity contribution < 1.29 is 8.81 Å². The predicted molar refractivity (Wildman–Crippen MR) is 183 cm³/mol. The summed E-state index contributed by atoms with van der Waals surface area (Å²) in [6.45, 7) is 7.60. The molecule has 47 heavy (non-hydrogen) atoms. The van der Waals surface area contributed by atoms with Crippen molar-refractivity contribution >= 4 is 34.6 Å². The molecule has 0 saturated carbocycles.